The van der Waals surface area contributed by atoms with Crippen LogP contribution in [-0.4, -0.2) is 47.0 Å². The predicted molar refractivity (Wildman–Crippen MR) is 82.5 cm³/mol. The van der Waals surface area contributed by atoms with Crippen molar-refractivity contribution in [1.29, 1.82) is 0 Å². The zero-order valence-electron chi connectivity index (χ0n) is 12.6. The van der Waals surface area contributed by atoms with Crippen LogP contribution in [0.1, 0.15) is 27.2 Å². The lowest BCUT2D eigenvalue weighted by Crippen LogP contribution is -2.37. The largest absolute Gasteiger partial charge is 0.369 e. The minimum Gasteiger partial charge on any atom is -0.369 e. The number of carbonyl (C=O) groups excluding carboxylic acids is 1. The number of hydrogen-bond acceptors (Lipinski definition) is 6. The third-order valence-electron chi connectivity index (χ3n) is 3.98. The van der Waals surface area contributed by atoms with Gasteiger partial charge < -0.3 is 15.5 Å². The van der Waals surface area contributed by atoms with Crippen LogP contribution in [0.4, 0.5) is 11.9 Å². The Morgan fingerprint density at radius 3 is 2.57 bits per heavy atom. The van der Waals surface area contributed by atoms with Gasteiger partial charge in [-0.2, -0.15) is 15.0 Å². The molecular weight excluding hydrogens is 292 g/mol. The van der Waals surface area contributed by atoms with E-state index in [0.29, 0.717) is 31.4 Å². The second kappa shape index (κ2) is 6.01. The first-order valence-electron chi connectivity index (χ1n) is 7.11. The van der Waals surface area contributed by atoms with Gasteiger partial charge in [0.05, 0.1) is 5.41 Å². The highest BCUT2D eigenvalue weighted by Crippen LogP contribution is 2.32. The molecule has 0 aliphatic carbocycles. The summed E-state index contributed by atoms with van der Waals surface area (Å²) in [6.45, 7) is 8.67. The minimum atomic E-state index is -0.547. The smallest absolute Gasteiger partial charge is 0.231 e. The number of anilines is 2. The second-order valence-electron chi connectivity index (χ2n) is 5.47. The molecule has 2 rings (SSSR count). The number of carbonyl (C=O) groups is 1. The first-order chi connectivity index (χ1) is 9.89. The molecule has 21 heavy (non-hydrogen) atoms. The summed E-state index contributed by atoms with van der Waals surface area (Å²) in [4.78, 5) is 28.3. The van der Waals surface area contributed by atoms with Crippen LogP contribution in [0, 0.1) is 5.41 Å². The van der Waals surface area contributed by atoms with Crippen molar-refractivity contribution in [3.05, 3.63) is 5.28 Å². The van der Waals surface area contributed by atoms with Gasteiger partial charge in [-0.15, -0.1) is 0 Å². The molecule has 1 aromatic rings. The fraction of sp³-hybridized carbons (Fsp3) is 0.692. The van der Waals surface area contributed by atoms with Gasteiger partial charge >= 0.3 is 0 Å². The van der Waals surface area contributed by atoms with E-state index in [1.807, 2.05) is 30.6 Å². The summed E-state index contributed by atoms with van der Waals surface area (Å²) >= 11 is 6.01. The number of nitrogens with two attached hydrogens (primary N) is 1. The van der Waals surface area contributed by atoms with Crippen molar-refractivity contribution in [3.63, 3.8) is 0 Å². The molecular formula is C13H21ClN6O. The second-order valence-corrected chi connectivity index (χ2v) is 5.81. The Hall–Kier alpha value is -1.63. The van der Waals surface area contributed by atoms with E-state index < -0.39 is 5.41 Å². The predicted octanol–water partition coefficient (Wildman–Crippen LogP) is 1.07. The van der Waals surface area contributed by atoms with Gasteiger partial charge in [-0.25, -0.2) is 0 Å². The lowest BCUT2D eigenvalue weighted by Gasteiger charge is -2.23. The van der Waals surface area contributed by atoms with E-state index in [2.05, 4.69) is 15.0 Å². The summed E-state index contributed by atoms with van der Waals surface area (Å²) in [6.07, 6.45) is 0.687. The Morgan fingerprint density at radius 2 is 2.05 bits per heavy atom. The molecule has 1 aromatic heterocycles. The Bertz CT molecular complexity index is 535. The molecule has 0 spiro atoms. The average molecular weight is 313 g/mol. The number of hydrogen-bond donors (Lipinski definition) is 1. The normalized spacial score (nSPS) is 21.6. The van der Waals surface area contributed by atoms with E-state index in [0.717, 1.165) is 13.1 Å². The fourth-order valence-corrected chi connectivity index (χ4v) is 2.60. The summed E-state index contributed by atoms with van der Waals surface area (Å²) in [7, 11) is 0. The molecule has 0 bridgehead atoms. The Morgan fingerprint density at radius 1 is 1.38 bits per heavy atom. The van der Waals surface area contributed by atoms with Crippen molar-refractivity contribution < 1.29 is 4.79 Å². The maximum absolute atomic E-state index is 11.5. The summed E-state index contributed by atoms with van der Waals surface area (Å²) in [5, 5.41) is 0.162. The fourth-order valence-electron chi connectivity index (χ4n) is 2.45. The van der Waals surface area contributed by atoms with Crippen molar-refractivity contribution in [3.8, 4) is 0 Å². The zero-order valence-corrected chi connectivity index (χ0v) is 13.4. The van der Waals surface area contributed by atoms with E-state index in [1.54, 1.807) is 0 Å². The first-order valence-corrected chi connectivity index (χ1v) is 7.48. The van der Waals surface area contributed by atoms with E-state index in [9.17, 15) is 4.79 Å². The average Bonchev–Trinajstić information content (AvgIpc) is 2.84. The minimum absolute atomic E-state index is 0.162. The van der Waals surface area contributed by atoms with Gasteiger partial charge in [0.1, 0.15) is 0 Å². The number of amides is 1. The molecule has 1 saturated heterocycles. The van der Waals surface area contributed by atoms with Crippen LogP contribution in [0.2, 0.25) is 5.28 Å². The molecule has 2 N–H and O–H groups in total. The van der Waals surface area contributed by atoms with Crippen LogP contribution >= 0.6 is 11.6 Å². The van der Waals surface area contributed by atoms with Crippen LogP contribution in [-0.2, 0) is 4.79 Å². The van der Waals surface area contributed by atoms with Crippen molar-refractivity contribution in [2.45, 2.75) is 27.2 Å². The lowest BCUT2D eigenvalue weighted by molar-refractivity contribution is -0.125. The van der Waals surface area contributed by atoms with Gasteiger partial charge in [0.2, 0.25) is 23.1 Å². The molecule has 1 fully saturated rings. The molecule has 0 radical (unpaired) electrons. The number of primary amides is 1. The summed E-state index contributed by atoms with van der Waals surface area (Å²) < 4.78 is 0. The van der Waals surface area contributed by atoms with Gasteiger partial charge in [-0.1, -0.05) is 0 Å². The molecule has 1 aliphatic rings. The van der Waals surface area contributed by atoms with Crippen LogP contribution in [0.3, 0.4) is 0 Å². The highest BCUT2D eigenvalue weighted by molar-refractivity contribution is 6.28. The third kappa shape index (κ3) is 3.18. The maximum atomic E-state index is 11.5. The maximum Gasteiger partial charge on any atom is 0.231 e. The van der Waals surface area contributed by atoms with Gasteiger partial charge in [0, 0.05) is 26.2 Å². The first kappa shape index (κ1) is 15.8. The molecule has 8 heteroatoms. The standard InChI is InChI=1S/C13H21ClN6O/c1-4-19(5-2)11-16-10(14)17-12(18-11)20-7-6-13(3,8-20)9(15)21/h4-8H2,1-3H3,(H2,15,21). The van der Waals surface area contributed by atoms with Crippen LogP contribution < -0.4 is 15.5 Å². The molecule has 1 aliphatic heterocycles. The Kier molecular flexibility index (Phi) is 4.51. The van der Waals surface area contributed by atoms with E-state index in [-0.39, 0.29) is 11.2 Å². The van der Waals surface area contributed by atoms with E-state index in [4.69, 9.17) is 17.3 Å². The van der Waals surface area contributed by atoms with Gasteiger partial charge in [0.25, 0.3) is 0 Å². The lowest BCUT2D eigenvalue weighted by atomic mass is 9.89. The van der Waals surface area contributed by atoms with Gasteiger partial charge in [0.15, 0.2) is 0 Å². The third-order valence-corrected chi connectivity index (χ3v) is 4.15. The number of rotatable bonds is 5. The van der Waals surface area contributed by atoms with Crippen LogP contribution in [0.15, 0.2) is 0 Å². The summed E-state index contributed by atoms with van der Waals surface area (Å²) in [5.74, 6) is 0.763. The van der Waals surface area contributed by atoms with E-state index >= 15 is 0 Å². The molecule has 0 saturated carbocycles. The molecule has 1 unspecified atom stereocenters. The summed E-state index contributed by atoms with van der Waals surface area (Å²) in [5.41, 5.74) is 4.92. The van der Waals surface area contributed by atoms with Crippen molar-refractivity contribution in [2.75, 3.05) is 36.0 Å². The molecule has 7 nitrogen and oxygen atoms in total. The molecule has 116 valence electrons. The molecule has 2 heterocycles. The van der Waals surface area contributed by atoms with Crippen molar-refractivity contribution in [1.82, 2.24) is 15.0 Å². The van der Waals surface area contributed by atoms with E-state index in [1.165, 1.54) is 0 Å². The van der Waals surface area contributed by atoms with Crippen LogP contribution in [0.25, 0.3) is 0 Å². The number of aromatic nitrogens is 3. The quantitative estimate of drug-likeness (QED) is 0.875. The van der Waals surface area contributed by atoms with Gasteiger partial charge in [-0.05, 0) is 38.8 Å². The van der Waals surface area contributed by atoms with Crippen molar-refractivity contribution in [2.24, 2.45) is 11.1 Å². The summed E-state index contributed by atoms with van der Waals surface area (Å²) in [6, 6.07) is 0. The molecule has 1 atom stereocenters. The highest BCUT2D eigenvalue weighted by Gasteiger charge is 2.40. The monoisotopic (exact) mass is 312 g/mol. The SMILES string of the molecule is CCN(CC)c1nc(Cl)nc(N2CCC(C)(C(N)=O)C2)n1. The Labute approximate surface area is 129 Å². The topological polar surface area (TPSA) is 88.2 Å². The molecule has 0 aromatic carbocycles. The zero-order chi connectivity index (χ0) is 15.6. The number of halogens is 1. The Balaban J connectivity index is 2.27. The number of nitrogens with zero attached hydrogens (tertiary/aromatic N) is 5. The highest BCUT2D eigenvalue weighted by atomic mass is 35.5. The van der Waals surface area contributed by atoms with Gasteiger partial charge in [-0.3, -0.25) is 4.79 Å². The van der Waals surface area contributed by atoms with Crippen LogP contribution in [0.5, 0.6) is 0 Å². The molecule has 1 amide bonds. The van der Waals surface area contributed by atoms with Crippen molar-refractivity contribution >= 4 is 29.4 Å².